The van der Waals surface area contributed by atoms with E-state index >= 15 is 0 Å². The quantitative estimate of drug-likeness (QED) is 0.603. The maximum atomic E-state index is 12.9. The summed E-state index contributed by atoms with van der Waals surface area (Å²) >= 11 is 0. The van der Waals surface area contributed by atoms with Gasteiger partial charge >= 0.3 is 12.4 Å². The van der Waals surface area contributed by atoms with E-state index in [1.165, 1.54) is 24.3 Å². The molecule has 1 aliphatic rings. The van der Waals surface area contributed by atoms with E-state index < -0.39 is 35.7 Å². The Kier molecular flexibility index (Phi) is 8.04. The SMILES string of the molecule is OC(CN1CCCN(CC(O)c2cccc(C(F)(F)F)c2)CC1)c1cccc(C(F)(F)F)c1. The summed E-state index contributed by atoms with van der Waals surface area (Å²) in [7, 11) is 0. The zero-order chi connectivity index (χ0) is 24.2. The molecule has 2 aromatic carbocycles. The van der Waals surface area contributed by atoms with Crippen LogP contribution in [0.3, 0.4) is 0 Å². The Morgan fingerprint density at radius 1 is 0.667 bits per heavy atom. The molecule has 1 aliphatic heterocycles. The van der Waals surface area contributed by atoms with Crippen LogP contribution in [0.1, 0.15) is 40.9 Å². The highest BCUT2D eigenvalue weighted by Crippen LogP contribution is 2.32. The second kappa shape index (κ2) is 10.4. The number of alkyl halides is 6. The summed E-state index contributed by atoms with van der Waals surface area (Å²) in [6, 6.07) is 9.23. The van der Waals surface area contributed by atoms with Crippen LogP contribution < -0.4 is 0 Å². The van der Waals surface area contributed by atoms with E-state index in [9.17, 15) is 36.6 Å². The molecule has 2 atom stereocenters. The predicted octanol–water partition coefficient (Wildman–Crippen LogP) is 4.50. The van der Waals surface area contributed by atoms with Crippen LogP contribution in [-0.2, 0) is 12.4 Å². The first-order valence-corrected chi connectivity index (χ1v) is 10.6. The highest BCUT2D eigenvalue weighted by Gasteiger charge is 2.32. The minimum absolute atomic E-state index is 0.158. The normalized spacial score (nSPS) is 18.7. The molecular weight excluding hydrogens is 450 g/mol. The number of nitrogens with zero attached hydrogens (tertiary/aromatic N) is 2. The van der Waals surface area contributed by atoms with Crippen LogP contribution in [0.2, 0.25) is 0 Å². The molecule has 2 N–H and O–H groups in total. The van der Waals surface area contributed by atoms with Crippen LogP contribution in [0, 0.1) is 0 Å². The Bertz CT molecular complexity index is 845. The first-order valence-electron chi connectivity index (χ1n) is 10.6. The van der Waals surface area contributed by atoms with Crippen molar-refractivity contribution in [2.75, 3.05) is 39.3 Å². The second-order valence-corrected chi connectivity index (χ2v) is 8.23. The van der Waals surface area contributed by atoms with E-state index in [1.807, 2.05) is 9.80 Å². The number of β-amino-alcohol motifs (C(OH)–C–C–N with tert-alkyl or cyclic N) is 2. The Morgan fingerprint density at radius 2 is 1.06 bits per heavy atom. The van der Waals surface area contributed by atoms with Crippen molar-refractivity contribution in [2.45, 2.75) is 31.0 Å². The summed E-state index contributed by atoms with van der Waals surface area (Å²) in [5, 5.41) is 20.9. The first kappa shape index (κ1) is 25.5. The van der Waals surface area contributed by atoms with Gasteiger partial charge in [-0.1, -0.05) is 24.3 Å². The summed E-state index contributed by atoms with van der Waals surface area (Å²) in [5.41, 5.74) is -1.26. The Labute approximate surface area is 188 Å². The van der Waals surface area contributed by atoms with Crippen molar-refractivity contribution >= 4 is 0 Å². The third-order valence-corrected chi connectivity index (χ3v) is 5.74. The van der Waals surface area contributed by atoms with Crippen LogP contribution in [0.4, 0.5) is 26.3 Å². The van der Waals surface area contributed by atoms with E-state index in [2.05, 4.69) is 0 Å². The number of hydrogen-bond donors (Lipinski definition) is 2. The molecule has 33 heavy (non-hydrogen) atoms. The fraction of sp³-hybridized carbons (Fsp3) is 0.478. The van der Waals surface area contributed by atoms with E-state index in [0.29, 0.717) is 32.6 Å². The second-order valence-electron chi connectivity index (χ2n) is 8.23. The molecule has 0 bridgehead atoms. The van der Waals surface area contributed by atoms with Crippen molar-refractivity contribution in [2.24, 2.45) is 0 Å². The number of aliphatic hydroxyl groups excluding tert-OH is 2. The van der Waals surface area contributed by atoms with Gasteiger partial charge in [-0.2, -0.15) is 26.3 Å². The monoisotopic (exact) mass is 476 g/mol. The Morgan fingerprint density at radius 3 is 1.42 bits per heavy atom. The highest BCUT2D eigenvalue weighted by atomic mass is 19.4. The molecule has 3 rings (SSSR count). The standard InChI is InChI=1S/C23H26F6N2O2/c24-22(25,26)18-6-1-4-16(12-18)20(32)14-30-8-3-9-31(11-10-30)15-21(33)17-5-2-7-19(13-17)23(27,28)29/h1-2,4-7,12-13,20-21,32-33H,3,8-11,14-15H2. The molecule has 1 fully saturated rings. The van der Waals surface area contributed by atoms with E-state index in [4.69, 9.17) is 0 Å². The van der Waals surface area contributed by atoms with Crippen molar-refractivity contribution in [3.05, 3.63) is 70.8 Å². The zero-order valence-corrected chi connectivity index (χ0v) is 17.8. The molecule has 1 saturated heterocycles. The van der Waals surface area contributed by atoms with Crippen molar-refractivity contribution in [3.8, 4) is 0 Å². The van der Waals surface area contributed by atoms with Gasteiger partial charge in [-0.15, -0.1) is 0 Å². The molecule has 10 heteroatoms. The smallest absolute Gasteiger partial charge is 0.387 e. The number of benzene rings is 2. The molecule has 2 unspecified atom stereocenters. The van der Waals surface area contributed by atoms with Gasteiger partial charge < -0.3 is 10.2 Å². The van der Waals surface area contributed by atoms with Gasteiger partial charge in [0, 0.05) is 26.2 Å². The topological polar surface area (TPSA) is 46.9 Å². The van der Waals surface area contributed by atoms with Crippen LogP contribution >= 0.6 is 0 Å². The lowest BCUT2D eigenvalue weighted by Crippen LogP contribution is -2.35. The molecule has 1 heterocycles. The van der Waals surface area contributed by atoms with E-state index in [0.717, 1.165) is 24.3 Å². The number of halogens is 6. The molecule has 0 aliphatic carbocycles. The van der Waals surface area contributed by atoms with Crippen LogP contribution in [0.15, 0.2) is 48.5 Å². The lowest BCUT2D eigenvalue weighted by atomic mass is 10.1. The molecule has 182 valence electrons. The summed E-state index contributed by atoms with van der Waals surface area (Å²) in [6.45, 7) is 2.53. The van der Waals surface area contributed by atoms with Gasteiger partial charge in [0.15, 0.2) is 0 Å². The third-order valence-electron chi connectivity index (χ3n) is 5.74. The molecule has 0 radical (unpaired) electrons. The minimum Gasteiger partial charge on any atom is -0.387 e. The molecule has 2 aromatic rings. The highest BCUT2D eigenvalue weighted by molar-refractivity contribution is 5.28. The molecule has 0 spiro atoms. The van der Waals surface area contributed by atoms with Gasteiger partial charge in [-0.25, -0.2) is 0 Å². The minimum atomic E-state index is -4.49. The third kappa shape index (κ3) is 7.17. The lowest BCUT2D eigenvalue weighted by Gasteiger charge is -2.25. The van der Waals surface area contributed by atoms with Crippen molar-refractivity contribution < 1.29 is 36.6 Å². The summed E-state index contributed by atoms with van der Waals surface area (Å²) < 4.78 is 77.5. The number of aliphatic hydroxyl groups is 2. The zero-order valence-electron chi connectivity index (χ0n) is 17.8. The maximum Gasteiger partial charge on any atom is 0.416 e. The summed E-state index contributed by atoms with van der Waals surface area (Å²) in [6.07, 6.45) is -10.5. The fourth-order valence-electron chi connectivity index (χ4n) is 3.93. The van der Waals surface area contributed by atoms with Gasteiger partial charge in [0.1, 0.15) is 0 Å². The molecular formula is C23H26F6N2O2. The van der Waals surface area contributed by atoms with E-state index in [1.54, 1.807) is 0 Å². The van der Waals surface area contributed by atoms with Gasteiger partial charge in [-0.3, -0.25) is 9.80 Å². The van der Waals surface area contributed by atoms with Crippen LogP contribution in [0.5, 0.6) is 0 Å². The summed E-state index contributed by atoms with van der Waals surface area (Å²) in [5.74, 6) is 0. The van der Waals surface area contributed by atoms with Gasteiger partial charge in [-0.05, 0) is 54.9 Å². The Hall–Kier alpha value is -2.14. The largest absolute Gasteiger partial charge is 0.416 e. The number of hydrogen-bond acceptors (Lipinski definition) is 4. The van der Waals surface area contributed by atoms with Gasteiger partial charge in [0.25, 0.3) is 0 Å². The molecule has 4 nitrogen and oxygen atoms in total. The first-order chi connectivity index (χ1) is 15.4. The van der Waals surface area contributed by atoms with Crippen molar-refractivity contribution in [1.29, 1.82) is 0 Å². The molecule has 0 saturated carbocycles. The number of rotatable bonds is 6. The van der Waals surface area contributed by atoms with Gasteiger partial charge in [0.2, 0.25) is 0 Å². The predicted molar refractivity (Wildman–Crippen MR) is 110 cm³/mol. The lowest BCUT2D eigenvalue weighted by molar-refractivity contribution is -0.138. The molecule has 0 aromatic heterocycles. The average Bonchev–Trinajstić information content (AvgIpc) is 2.97. The molecule has 0 amide bonds. The summed E-state index contributed by atoms with van der Waals surface area (Å²) in [4.78, 5) is 3.86. The van der Waals surface area contributed by atoms with Gasteiger partial charge in [0.05, 0.1) is 23.3 Å². The fourth-order valence-corrected chi connectivity index (χ4v) is 3.93. The van der Waals surface area contributed by atoms with E-state index in [-0.39, 0.29) is 24.2 Å². The van der Waals surface area contributed by atoms with Crippen molar-refractivity contribution in [3.63, 3.8) is 0 Å². The average molecular weight is 476 g/mol. The van der Waals surface area contributed by atoms with Crippen molar-refractivity contribution in [1.82, 2.24) is 9.80 Å². The van der Waals surface area contributed by atoms with Crippen LogP contribution in [0.25, 0.3) is 0 Å². The maximum absolute atomic E-state index is 12.9. The van der Waals surface area contributed by atoms with Crippen LogP contribution in [-0.4, -0.2) is 59.3 Å². The Balaban J connectivity index is 1.55.